The molecule has 1 atom stereocenters. The molecule has 9 heteroatoms. The number of hydrogen-bond donors (Lipinski definition) is 2. The number of ether oxygens (including phenoxy) is 1. The summed E-state index contributed by atoms with van der Waals surface area (Å²) in [5.74, 6) is 0.224. The number of hydrogen-bond acceptors (Lipinski definition) is 5. The van der Waals surface area contributed by atoms with Crippen molar-refractivity contribution in [3.8, 4) is 5.75 Å². The van der Waals surface area contributed by atoms with Crippen LogP contribution in [0.15, 0.2) is 77.8 Å². The minimum atomic E-state index is -3.78. The second-order valence-corrected chi connectivity index (χ2v) is 8.11. The molecule has 3 aromatic rings. The summed E-state index contributed by atoms with van der Waals surface area (Å²) >= 11 is 6.03. The van der Waals surface area contributed by atoms with Gasteiger partial charge in [0, 0.05) is 11.9 Å². The van der Waals surface area contributed by atoms with E-state index >= 15 is 0 Å². The fraction of sp³-hybridized carbons (Fsp3) is 0.100. The highest BCUT2D eigenvalue weighted by molar-refractivity contribution is 7.92. The van der Waals surface area contributed by atoms with Gasteiger partial charge in [0.05, 0.1) is 9.92 Å². The number of sulfonamides is 1. The normalized spacial score (nSPS) is 12.1. The summed E-state index contributed by atoms with van der Waals surface area (Å²) in [4.78, 5) is 16.3. The Morgan fingerprint density at radius 3 is 2.38 bits per heavy atom. The highest BCUT2D eigenvalue weighted by Gasteiger charge is 2.18. The lowest BCUT2D eigenvalue weighted by Gasteiger charge is -2.15. The molecule has 0 saturated heterocycles. The SMILES string of the molecule is CC(Oc1ccccc1Cl)C(=O)Nc1ccc(S(=O)(=O)Nc2ccccn2)cc1. The van der Waals surface area contributed by atoms with E-state index in [0.29, 0.717) is 16.5 Å². The van der Waals surface area contributed by atoms with Crippen molar-refractivity contribution in [2.24, 2.45) is 0 Å². The van der Waals surface area contributed by atoms with E-state index in [1.165, 1.54) is 30.5 Å². The smallest absolute Gasteiger partial charge is 0.265 e. The Morgan fingerprint density at radius 2 is 1.72 bits per heavy atom. The molecule has 0 aliphatic rings. The lowest BCUT2D eigenvalue weighted by molar-refractivity contribution is -0.122. The van der Waals surface area contributed by atoms with E-state index in [9.17, 15) is 13.2 Å². The standard InChI is InChI=1S/C20H18ClN3O4S/c1-14(28-18-7-3-2-6-17(18)21)20(25)23-15-9-11-16(12-10-15)29(26,27)24-19-8-4-5-13-22-19/h2-14H,1H3,(H,22,24)(H,23,25). The van der Waals surface area contributed by atoms with Crippen LogP contribution in [0.3, 0.4) is 0 Å². The van der Waals surface area contributed by atoms with Gasteiger partial charge in [0.25, 0.3) is 15.9 Å². The molecule has 2 aromatic carbocycles. The van der Waals surface area contributed by atoms with Gasteiger partial charge < -0.3 is 10.1 Å². The van der Waals surface area contributed by atoms with Crippen LogP contribution in [-0.2, 0) is 14.8 Å². The Labute approximate surface area is 173 Å². The average Bonchev–Trinajstić information content (AvgIpc) is 2.70. The number of pyridine rings is 1. The third-order valence-corrected chi connectivity index (χ3v) is 5.53. The molecule has 0 saturated carbocycles. The zero-order valence-corrected chi connectivity index (χ0v) is 16.9. The van der Waals surface area contributed by atoms with Gasteiger partial charge in [-0.1, -0.05) is 29.8 Å². The van der Waals surface area contributed by atoms with Crippen LogP contribution in [0.4, 0.5) is 11.5 Å². The molecular weight excluding hydrogens is 414 g/mol. The van der Waals surface area contributed by atoms with Crippen LogP contribution in [-0.4, -0.2) is 25.4 Å². The van der Waals surface area contributed by atoms with E-state index in [0.717, 1.165) is 0 Å². The van der Waals surface area contributed by atoms with E-state index < -0.39 is 22.0 Å². The van der Waals surface area contributed by atoms with E-state index in [1.54, 1.807) is 49.4 Å². The molecule has 150 valence electrons. The monoisotopic (exact) mass is 431 g/mol. The summed E-state index contributed by atoms with van der Waals surface area (Å²) < 4.78 is 32.8. The molecule has 1 unspecified atom stereocenters. The molecule has 7 nitrogen and oxygen atoms in total. The number of amides is 1. The quantitative estimate of drug-likeness (QED) is 0.590. The Hall–Kier alpha value is -3.10. The molecule has 0 fully saturated rings. The maximum Gasteiger partial charge on any atom is 0.265 e. The minimum Gasteiger partial charge on any atom is -0.479 e. The Balaban J connectivity index is 1.64. The van der Waals surface area contributed by atoms with Crippen LogP contribution in [0.1, 0.15) is 6.92 Å². The third kappa shape index (κ3) is 5.46. The number of benzene rings is 2. The average molecular weight is 432 g/mol. The molecule has 1 amide bonds. The molecule has 0 bridgehead atoms. The predicted molar refractivity (Wildman–Crippen MR) is 112 cm³/mol. The highest BCUT2D eigenvalue weighted by atomic mass is 35.5. The van der Waals surface area contributed by atoms with Gasteiger partial charge in [-0.05, 0) is 55.5 Å². The molecule has 0 spiro atoms. The van der Waals surface area contributed by atoms with Crippen LogP contribution < -0.4 is 14.8 Å². The molecule has 1 aromatic heterocycles. The summed E-state index contributed by atoms with van der Waals surface area (Å²) in [7, 11) is -3.78. The number of halogens is 1. The zero-order chi connectivity index (χ0) is 20.9. The largest absolute Gasteiger partial charge is 0.479 e. The van der Waals surface area contributed by atoms with E-state index in [-0.39, 0.29) is 10.7 Å². The van der Waals surface area contributed by atoms with Crippen molar-refractivity contribution in [3.63, 3.8) is 0 Å². The number of carbonyl (C=O) groups is 1. The number of nitrogens with zero attached hydrogens (tertiary/aromatic N) is 1. The number of nitrogens with one attached hydrogen (secondary N) is 2. The highest BCUT2D eigenvalue weighted by Crippen LogP contribution is 2.24. The fourth-order valence-corrected chi connectivity index (χ4v) is 3.55. The van der Waals surface area contributed by atoms with Crippen molar-refractivity contribution >= 4 is 39.0 Å². The van der Waals surface area contributed by atoms with Gasteiger partial charge in [-0.15, -0.1) is 0 Å². The molecule has 0 radical (unpaired) electrons. The molecule has 29 heavy (non-hydrogen) atoms. The summed E-state index contributed by atoms with van der Waals surface area (Å²) in [5.41, 5.74) is 0.432. The molecule has 0 aliphatic carbocycles. The van der Waals surface area contributed by atoms with Crippen LogP contribution in [0.2, 0.25) is 5.02 Å². The van der Waals surface area contributed by atoms with Crippen molar-refractivity contribution in [1.29, 1.82) is 0 Å². The first kappa shape index (κ1) is 20.6. The first-order valence-electron chi connectivity index (χ1n) is 8.61. The molecule has 0 aliphatic heterocycles. The zero-order valence-electron chi connectivity index (χ0n) is 15.4. The first-order chi connectivity index (χ1) is 13.8. The maximum absolute atomic E-state index is 12.4. The Bertz CT molecular complexity index is 1090. The number of anilines is 2. The topological polar surface area (TPSA) is 97.4 Å². The van der Waals surface area contributed by atoms with Gasteiger partial charge in [-0.3, -0.25) is 9.52 Å². The second kappa shape index (κ2) is 8.93. The third-order valence-electron chi connectivity index (χ3n) is 3.85. The van der Waals surface area contributed by atoms with E-state index in [4.69, 9.17) is 16.3 Å². The van der Waals surface area contributed by atoms with Crippen molar-refractivity contribution in [2.45, 2.75) is 17.9 Å². The Morgan fingerprint density at radius 1 is 1.03 bits per heavy atom. The lowest BCUT2D eigenvalue weighted by atomic mass is 10.3. The van der Waals surface area contributed by atoms with Crippen LogP contribution in [0.5, 0.6) is 5.75 Å². The van der Waals surface area contributed by atoms with Gasteiger partial charge >= 0.3 is 0 Å². The predicted octanol–water partition coefficient (Wildman–Crippen LogP) is 3.94. The Kier molecular flexibility index (Phi) is 6.36. The number of para-hydroxylation sites is 1. The molecular formula is C20H18ClN3O4S. The summed E-state index contributed by atoms with van der Waals surface area (Å²) in [5, 5.41) is 3.08. The maximum atomic E-state index is 12.4. The van der Waals surface area contributed by atoms with Gasteiger partial charge in [-0.2, -0.15) is 0 Å². The van der Waals surface area contributed by atoms with E-state index in [1.807, 2.05) is 0 Å². The minimum absolute atomic E-state index is 0.0431. The van der Waals surface area contributed by atoms with Gasteiger partial charge in [0.1, 0.15) is 11.6 Å². The molecule has 3 rings (SSSR count). The van der Waals surface area contributed by atoms with E-state index in [2.05, 4.69) is 15.0 Å². The summed E-state index contributed by atoms with van der Waals surface area (Å²) in [6.07, 6.45) is 0.687. The number of aromatic nitrogens is 1. The summed E-state index contributed by atoms with van der Waals surface area (Å²) in [6, 6.07) is 17.5. The first-order valence-corrected chi connectivity index (χ1v) is 10.5. The van der Waals surface area contributed by atoms with Crippen molar-refractivity contribution < 1.29 is 17.9 Å². The van der Waals surface area contributed by atoms with Crippen molar-refractivity contribution in [1.82, 2.24) is 4.98 Å². The van der Waals surface area contributed by atoms with Crippen molar-refractivity contribution in [2.75, 3.05) is 10.0 Å². The van der Waals surface area contributed by atoms with Crippen LogP contribution >= 0.6 is 11.6 Å². The van der Waals surface area contributed by atoms with Crippen molar-refractivity contribution in [3.05, 3.63) is 77.9 Å². The van der Waals surface area contributed by atoms with Gasteiger partial charge in [0.15, 0.2) is 6.10 Å². The van der Waals surface area contributed by atoms with Gasteiger partial charge in [-0.25, -0.2) is 13.4 Å². The van der Waals surface area contributed by atoms with Gasteiger partial charge in [0.2, 0.25) is 0 Å². The number of carbonyl (C=O) groups excluding carboxylic acids is 1. The molecule has 2 N–H and O–H groups in total. The fourth-order valence-electron chi connectivity index (χ4n) is 2.37. The summed E-state index contributed by atoms with van der Waals surface area (Å²) in [6.45, 7) is 1.59. The van der Waals surface area contributed by atoms with Crippen LogP contribution in [0, 0.1) is 0 Å². The number of rotatable bonds is 7. The lowest BCUT2D eigenvalue weighted by Crippen LogP contribution is -2.30. The second-order valence-electron chi connectivity index (χ2n) is 6.02. The molecule has 1 heterocycles. The van der Waals surface area contributed by atoms with Crippen LogP contribution in [0.25, 0.3) is 0 Å².